The number of methoxy groups -OCH3 is 1. The van der Waals surface area contributed by atoms with Crippen LogP contribution in [-0.4, -0.2) is 392 Å². The molecule has 12 bridgehead atoms. The van der Waals surface area contributed by atoms with Gasteiger partial charge in [-0.1, -0.05) is 0 Å². The average Bonchev–Trinajstić information content (AvgIpc) is 0.961. The van der Waals surface area contributed by atoms with Crippen LogP contribution in [0.1, 0.15) is 0 Å². The maximum Gasteiger partial charge on any atom is 0.321 e. The molecule has 506 valence electrons. The van der Waals surface area contributed by atoms with Gasteiger partial charge in [0.15, 0.2) is 44.0 Å². The summed E-state index contributed by atoms with van der Waals surface area (Å²) in [5, 5.41) is 221. The number of carboxylic acid groups (broad SMARTS) is 2. The second-order valence-electron chi connectivity index (χ2n) is 21.4. The fourth-order valence-electron chi connectivity index (χ4n) is 10.4. The molecule has 0 amide bonds. The Morgan fingerprint density at radius 3 is 0.920 bits per heavy atom. The van der Waals surface area contributed by atoms with Gasteiger partial charge in [0.25, 0.3) is 0 Å². The summed E-state index contributed by atoms with van der Waals surface area (Å²) in [7, 11) is 0.964. The SMILES string of the molecule is CO[C@H]1O[C@@H]2C(CO)OC(O[C@@H]3C(CSC[C@@H](N)C(=O)O)O[C@@H](O[C@H]4C(CO)O[C@H](O[C@@H]5C(CO)O[C@H](O[C@@H]6C(CO)O[C@@H](O[C@@H]7C(CSC[C@@H](N)C(=O)O)O[C@H](OCC(O)[C@@H]1O)C(O)[C@H]7O)C(O)[C@H]6O)[C@@H](O)C5O)[C@@H](O)C4O)[C@@H](O)C3O)C(O)[C@H]2O. The Morgan fingerprint density at radius 1 is 0.391 bits per heavy atom. The zero-order valence-corrected chi connectivity index (χ0v) is 47.7. The number of ether oxygens (including phenoxy) is 14. The third-order valence-electron chi connectivity index (χ3n) is 15.4. The predicted molar refractivity (Wildman–Crippen MR) is 276 cm³/mol. The van der Waals surface area contributed by atoms with Crippen LogP contribution in [-0.2, 0) is 75.9 Å². The number of aliphatic hydroxyl groups is 18. The van der Waals surface area contributed by atoms with E-state index in [2.05, 4.69) is 0 Å². The zero-order valence-electron chi connectivity index (χ0n) is 46.0. The summed E-state index contributed by atoms with van der Waals surface area (Å²) < 4.78 is 80.6. The summed E-state index contributed by atoms with van der Waals surface area (Å²) >= 11 is 1.64. The molecule has 13 aliphatic heterocycles. The standard InChI is InChI=1S/C47H80N2O36S2/c1-72-41-20(55)13(54)6-73-42-27(62)21(56)37(18(78-42)9-86-7-11(48)39(68)69)84-46-31(66)25(60)35(16(4-52)77-46)82-43-29(64)23(58)34(15(3-51)75-43)81-44-30(65)24(59)36(17(5-53)76-44)83-47-32(67)26(61)38(19(79-47)10-87-8-12(49)40(70)71)85-45-28(63)22(57)33(80-41)14(2-50)74-45/h11-38,41-47,50-67H,2-10,48-49H2,1H3,(H,68,69)(H,70,71)/t11-,12-,13?,14?,15?,16?,17?,18?,19?,20+,21-,22-,23?,24?,25-,26?,27?,28?,29+,30+,31?,32+,33-,34-,35-,36+,37-,38-,41+,42+,43-,44-,45?,46+,47+/m1/s1. The van der Waals surface area contributed by atoms with Gasteiger partial charge in [0.1, 0.15) is 159 Å². The van der Waals surface area contributed by atoms with Crippen molar-refractivity contribution in [3.05, 3.63) is 0 Å². The normalized spacial score (nSPS) is 48.8. The molecule has 0 radical (unpaired) electrons. The molecule has 13 saturated heterocycles. The number of carboxylic acids is 2. The first-order chi connectivity index (χ1) is 41.2. The highest BCUT2D eigenvalue weighted by atomic mass is 32.2. The lowest BCUT2D eigenvalue weighted by molar-refractivity contribution is -0.395. The third-order valence-corrected chi connectivity index (χ3v) is 17.8. The van der Waals surface area contributed by atoms with Gasteiger partial charge in [0, 0.05) is 30.1 Å². The number of fused-ring (bicyclic) bond motifs is 6. The number of aliphatic hydroxyl groups excluding tert-OH is 18. The molecule has 13 heterocycles. The lowest BCUT2D eigenvalue weighted by atomic mass is 9.95. The highest BCUT2D eigenvalue weighted by Gasteiger charge is 2.58. The molecule has 24 N–H and O–H groups in total. The van der Waals surface area contributed by atoms with Crippen LogP contribution in [0.3, 0.4) is 0 Å². The number of hydrogen-bond donors (Lipinski definition) is 22. The van der Waals surface area contributed by atoms with Crippen molar-refractivity contribution in [3.63, 3.8) is 0 Å². The Morgan fingerprint density at radius 2 is 0.644 bits per heavy atom. The van der Waals surface area contributed by atoms with Gasteiger partial charge in [0.2, 0.25) is 0 Å². The van der Waals surface area contributed by atoms with Gasteiger partial charge in [-0.15, -0.1) is 0 Å². The molecule has 0 aromatic heterocycles. The summed E-state index contributed by atoms with van der Waals surface area (Å²) in [6.07, 6.45) is -66.2. The molecule has 13 aliphatic rings. The molecular weight excluding hydrogens is 1230 g/mol. The minimum Gasteiger partial charge on any atom is -0.480 e. The number of nitrogens with two attached hydrogens (primary N) is 2. The van der Waals surface area contributed by atoms with Crippen molar-refractivity contribution in [1.29, 1.82) is 0 Å². The first kappa shape index (κ1) is 72.7. The largest absolute Gasteiger partial charge is 0.480 e. The van der Waals surface area contributed by atoms with Gasteiger partial charge in [0.05, 0.1) is 45.2 Å². The van der Waals surface area contributed by atoms with Crippen LogP contribution in [0, 0.1) is 0 Å². The highest BCUT2D eigenvalue weighted by molar-refractivity contribution is 7.99. The molecule has 87 heavy (non-hydrogen) atoms. The van der Waals surface area contributed by atoms with E-state index in [0.29, 0.717) is 0 Å². The monoisotopic (exact) mass is 1310 g/mol. The average molecular weight is 1310 g/mol. The summed E-state index contributed by atoms with van der Waals surface area (Å²) in [6, 6.07) is -2.89. The number of thioether (sulfide) groups is 2. The second kappa shape index (κ2) is 32.4. The van der Waals surface area contributed by atoms with Gasteiger partial charge >= 0.3 is 11.9 Å². The Balaban J connectivity index is 1.20. The molecular formula is C47H80N2O36S2. The molecule has 0 aromatic rings. The third kappa shape index (κ3) is 16.6. The summed E-state index contributed by atoms with van der Waals surface area (Å²) in [4.78, 5) is 23.1. The number of aliphatic carboxylic acids is 2. The minimum atomic E-state index is -2.25. The molecule has 0 aliphatic carbocycles. The Labute approximate surface area is 501 Å². The van der Waals surface area contributed by atoms with Crippen molar-refractivity contribution in [2.75, 3.05) is 63.2 Å². The fourth-order valence-corrected chi connectivity index (χ4v) is 12.5. The number of hydrogen-bond acceptors (Lipinski definition) is 38. The van der Waals surface area contributed by atoms with Crippen LogP contribution >= 0.6 is 23.5 Å². The molecule has 40 heteroatoms. The molecule has 35 atom stereocenters. The van der Waals surface area contributed by atoms with Crippen molar-refractivity contribution in [2.24, 2.45) is 11.5 Å². The quantitative estimate of drug-likeness (QED) is 0.0724. The fraction of sp³-hybridized carbons (Fsp3) is 0.957. The number of carbonyl (C=O) groups is 2. The highest BCUT2D eigenvalue weighted by Crippen LogP contribution is 2.38. The van der Waals surface area contributed by atoms with Crippen LogP contribution < -0.4 is 11.5 Å². The van der Waals surface area contributed by atoms with Gasteiger partial charge in [-0.2, -0.15) is 23.5 Å². The van der Waals surface area contributed by atoms with Crippen LogP contribution in [0.2, 0.25) is 0 Å². The van der Waals surface area contributed by atoms with E-state index in [4.69, 9.17) is 77.8 Å². The molecule has 13 rings (SSSR count). The van der Waals surface area contributed by atoms with Gasteiger partial charge in [-0.25, -0.2) is 0 Å². The van der Waals surface area contributed by atoms with Crippen molar-refractivity contribution >= 4 is 35.5 Å². The first-order valence-corrected chi connectivity index (χ1v) is 29.6. The molecule has 13 fully saturated rings. The van der Waals surface area contributed by atoms with Crippen molar-refractivity contribution in [3.8, 4) is 0 Å². The van der Waals surface area contributed by atoms with E-state index in [-0.39, 0.29) is 23.0 Å². The summed E-state index contributed by atoms with van der Waals surface area (Å²) in [5.41, 5.74) is 11.4. The second-order valence-corrected chi connectivity index (χ2v) is 23.6. The molecule has 38 nitrogen and oxygen atoms in total. The van der Waals surface area contributed by atoms with Gasteiger partial charge < -0.3 is 180 Å². The van der Waals surface area contributed by atoms with Crippen molar-refractivity contribution < 1.29 is 178 Å². The Hall–Kier alpha value is -1.72. The zero-order chi connectivity index (χ0) is 64.0. The van der Waals surface area contributed by atoms with Crippen LogP contribution in [0.5, 0.6) is 0 Å². The smallest absolute Gasteiger partial charge is 0.321 e. The first-order valence-electron chi connectivity index (χ1n) is 27.3. The molecule has 0 aromatic carbocycles. The van der Waals surface area contributed by atoms with Crippen LogP contribution in [0.4, 0.5) is 0 Å². The topological polar surface area (TPSA) is 620 Å². The molecule has 0 spiro atoms. The molecule has 0 saturated carbocycles. The Bertz CT molecular complexity index is 2120. The van der Waals surface area contributed by atoms with Gasteiger partial charge in [-0.05, 0) is 0 Å². The van der Waals surface area contributed by atoms with Crippen molar-refractivity contribution in [1.82, 2.24) is 0 Å². The Kier molecular flexibility index (Phi) is 27.1. The maximum absolute atomic E-state index is 11.7. The minimum absolute atomic E-state index is 0.283. The summed E-state index contributed by atoms with van der Waals surface area (Å²) in [5.74, 6) is -4.11. The van der Waals surface area contributed by atoms with E-state index in [1.807, 2.05) is 0 Å². The van der Waals surface area contributed by atoms with E-state index >= 15 is 0 Å². The van der Waals surface area contributed by atoms with E-state index < -0.39 is 260 Å². The maximum atomic E-state index is 11.7. The van der Waals surface area contributed by atoms with Crippen LogP contribution in [0.15, 0.2) is 0 Å². The predicted octanol–water partition coefficient (Wildman–Crippen LogP) is -14.0. The van der Waals surface area contributed by atoms with E-state index in [9.17, 15) is 112 Å². The van der Waals surface area contributed by atoms with E-state index in [1.165, 1.54) is 0 Å². The van der Waals surface area contributed by atoms with Crippen molar-refractivity contribution in [2.45, 2.75) is 215 Å². The number of rotatable bonds is 15. The van der Waals surface area contributed by atoms with Gasteiger partial charge in [-0.3, -0.25) is 9.59 Å². The molecule has 14 unspecified atom stereocenters. The van der Waals surface area contributed by atoms with Crippen LogP contribution in [0.25, 0.3) is 0 Å². The lowest BCUT2D eigenvalue weighted by Gasteiger charge is -2.50. The van der Waals surface area contributed by atoms with E-state index in [0.717, 1.165) is 30.6 Å². The van der Waals surface area contributed by atoms with E-state index in [1.54, 1.807) is 0 Å². The lowest BCUT2D eigenvalue weighted by Crippen LogP contribution is -2.68. The summed E-state index contributed by atoms with van der Waals surface area (Å²) in [6.45, 7) is -5.26.